The Bertz CT molecular complexity index is 1340. The summed E-state index contributed by atoms with van der Waals surface area (Å²) in [5.74, 6) is 1.81. The number of imidazole rings is 1. The molecule has 0 aliphatic rings. The van der Waals surface area contributed by atoms with Gasteiger partial charge < -0.3 is 19.4 Å². The van der Waals surface area contributed by atoms with E-state index in [2.05, 4.69) is 9.97 Å². The summed E-state index contributed by atoms with van der Waals surface area (Å²) in [5.41, 5.74) is 1.97. The van der Waals surface area contributed by atoms with Crippen LogP contribution in [-0.2, 0) is 0 Å². The maximum Gasteiger partial charge on any atom is 0.332 e. The number of nitrogens with zero attached hydrogens (tertiary/aromatic N) is 4. The summed E-state index contributed by atoms with van der Waals surface area (Å²) in [6.45, 7) is 2.49. The van der Waals surface area contributed by atoms with Crippen molar-refractivity contribution in [1.29, 1.82) is 5.41 Å². The van der Waals surface area contributed by atoms with Crippen LogP contribution in [0.4, 0.5) is 0 Å². The Morgan fingerprint density at radius 1 is 1.12 bits per heavy atom. The molecule has 0 atom stereocenters. The molecule has 2 N–H and O–H groups in total. The maximum atomic E-state index is 13.0. The molecule has 0 radical (unpaired) electrons. The molecule has 0 unspecified atom stereocenters. The van der Waals surface area contributed by atoms with Crippen molar-refractivity contribution in [2.24, 2.45) is 0 Å². The van der Waals surface area contributed by atoms with Gasteiger partial charge in [-0.15, -0.1) is 0 Å². The van der Waals surface area contributed by atoms with Crippen LogP contribution in [0, 0.1) is 5.41 Å². The van der Waals surface area contributed by atoms with Gasteiger partial charge in [0.1, 0.15) is 28.5 Å². The van der Waals surface area contributed by atoms with Crippen LogP contribution in [0.1, 0.15) is 12.6 Å². The largest absolute Gasteiger partial charge is 0.495 e. The third-order valence-corrected chi connectivity index (χ3v) is 4.96. The molecule has 2 aromatic heterocycles. The molecule has 4 aromatic rings. The number of nitrogens with one attached hydrogen (secondary N) is 2. The fraction of sp³-hybridized carbons (Fsp3) is 0.217. The van der Waals surface area contributed by atoms with E-state index in [0.29, 0.717) is 40.7 Å². The molecule has 0 amide bonds. The highest BCUT2D eigenvalue weighted by Crippen LogP contribution is 2.27. The van der Waals surface area contributed by atoms with Crippen molar-refractivity contribution in [3.8, 4) is 28.6 Å². The molecule has 32 heavy (non-hydrogen) atoms. The first kappa shape index (κ1) is 21.1. The Balaban J connectivity index is 2.00. The Hall–Kier alpha value is -4.14. The number of hydrogen-bond acceptors (Lipinski definition) is 6. The second kappa shape index (κ2) is 8.54. The van der Waals surface area contributed by atoms with Crippen molar-refractivity contribution < 1.29 is 9.47 Å². The molecule has 0 bridgehead atoms. The first-order valence-corrected chi connectivity index (χ1v) is 10.1. The highest BCUT2D eigenvalue weighted by Gasteiger charge is 2.22. The fourth-order valence-corrected chi connectivity index (χ4v) is 3.40. The standard InChI is InChI=1S/C23H24N6O3/c1-5-32-15-12-10-14(11-13-15)21-25-18(20(24)28(2)3)19-22(27-21)29(23(30)26-19)16-8-6-7-9-17(16)31-4/h6-13,24H,5H2,1-4H3,(H,26,30). The van der Waals surface area contributed by atoms with Gasteiger partial charge in [-0.05, 0) is 43.3 Å². The third kappa shape index (κ3) is 3.68. The van der Waals surface area contributed by atoms with Gasteiger partial charge in [-0.1, -0.05) is 12.1 Å². The van der Waals surface area contributed by atoms with Crippen molar-refractivity contribution in [2.45, 2.75) is 6.92 Å². The zero-order chi connectivity index (χ0) is 22.8. The van der Waals surface area contributed by atoms with E-state index in [1.165, 1.54) is 4.57 Å². The maximum absolute atomic E-state index is 13.0. The molecule has 0 spiro atoms. The van der Waals surface area contributed by atoms with Gasteiger partial charge >= 0.3 is 5.69 Å². The van der Waals surface area contributed by atoms with Gasteiger partial charge in [-0.2, -0.15) is 0 Å². The predicted molar refractivity (Wildman–Crippen MR) is 123 cm³/mol. The van der Waals surface area contributed by atoms with Crippen LogP contribution in [0.15, 0.2) is 53.3 Å². The SMILES string of the molecule is CCOc1ccc(-c2nc(C(=N)N(C)C)c3[nH]c(=O)n(-c4ccccc4OC)c3n2)cc1. The average Bonchev–Trinajstić information content (AvgIpc) is 3.14. The lowest BCUT2D eigenvalue weighted by Gasteiger charge is -2.15. The van der Waals surface area contributed by atoms with Gasteiger partial charge in [0.15, 0.2) is 11.5 Å². The van der Waals surface area contributed by atoms with Gasteiger partial charge in [0.05, 0.1) is 19.4 Å². The monoisotopic (exact) mass is 432 g/mol. The molecule has 0 aliphatic heterocycles. The molecule has 0 saturated heterocycles. The number of amidine groups is 1. The smallest absolute Gasteiger partial charge is 0.332 e. The van der Waals surface area contributed by atoms with E-state index < -0.39 is 5.69 Å². The topological polar surface area (TPSA) is 109 Å². The lowest BCUT2D eigenvalue weighted by Crippen LogP contribution is -2.23. The van der Waals surface area contributed by atoms with E-state index in [1.807, 2.05) is 43.3 Å². The Labute approximate surface area is 184 Å². The molecular weight excluding hydrogens is 408 g/mol. The molecule has 4 rings (SSSR count). The second-order valence-electron chi connectivity index (χ2n) is 7.23. The Morgan fingerprint density at radius 3 is 2.50 bits per heavy atom. The summed E-state index contributed by atoms with van der Waals surface area (Å²) in [5, 5.41) is 8.54. The van der Waals surface area contributed by atoms with Crippen LogP contribution in [0.3, 0.4) is 0 Å². The Morgan fingerprint density at radius 2 is 1.84 bits per heavy atom. The van der Waals surface area contributed by atoms with Crippen LogP contribution in [0.5, 0.6) is 11.5 Å². The number of aromatic amines is 1. The van der Waals surface area contributed by atoms with E-state index in [9.17, 15) is 4.79 Å². The van der Waals surface area contributed by atoms with Crippen LogP contribution < -0.4 is 15.2 Å². The number of benzene rings is 2. The van der Waals surface area contributed by atoms with Crippen molar-refractivity contribution in [1.82, 2.24) is 24.4 Å². The van der Waals surface area contributed by atoms with E-state index >= 15 is 0 Å². The molecule has 0 fully saturated rings. The average molecular weight is 432 g/mol. The van der Waals surface area contributed by atoms with Crippen molar-refractivity contribution in [3.05, 3.63) is 64.7 Å². The van der Waals surface area contributed by atoms with Crippen LogP contribution in [0.25, 0.3) is 28.2 Å². The van der Waals surface area contributed by atoms with Crippen LogP contribution in [0.2, 0.25) is 0 Å². The highest BCUT2D eigenvalue weighted by atomic mass is 16.5. The summed E-state index contributed by atoms with van der Waals surface area (Å²) in [4.78, 5) is 26.8. The van der Waals surface area contributed by atoms with E-state index in [-0.39, 0.29) is 5.84 Å². The zero-order valence-corrected chi connectivity index (χ0v) is 18.3. The van der Waals surface area contributed by atoms with E-state index in [4.69, 9.17) is 19.9 Å². The van der Waals surface area contributed by atoms with Crippen molar-refractivity contribution in [3.63, 3.8) is 0 Å². The predicted octanol–water partition coefficient (Wildman–Crippen LogP) is 3.07. The number of rotatable bonds is 6. The Kier molecular flexibility index (Phi) is 5.63. The summed E-state index contributed by atoms with van der Waals surface area (Å²) in [6.07, 6.45) is 0. The first-order valence-electron chi connectivity index (χ1n) is 10.1. The van der Waals surface area contributed by atoms with Crippen molar-refractivity contribution >= 4 is 17.0 Å². The van der Waals surface area contributed by atoms with Crippen LogP contribution in [-0.4, -0.2) is 58.1 Å². The summed E-state index contributed by atoms with van der Waals surface area (Å²) >= 11 is 0. The molecule has 2 heterocycles. The van der Waals surface area contributed by atoms with Gasteiger partial charge in [0.25, 0.3) is 0 Å². The molecule has 2 aromatic carbocycles. The first-order chi connectivity index (χ1) is 15.4. The second-order valence-corrected chi connectivity index (χ2v) is 7.23. The van der Waals surface area contributed by atoms with Gasteiger partial charge in [0, 0.05) is 19.7 Å². The molecule has 0 saturated carbocycles. The van der Waals surface area contributed by atoms with E-state index in [1.54, 1.807) is 38.2 Å². The molecule has 0 aliphatic carbocycles. The van der Waals surface area contributed by atoms with Gasteiger partial charge in [0.2, 0.25) is 0 Å². The van der Waals surface area contributed by atoms with Crippen LogP contribution >= 0.6 is 0 Å². The van der Waals surface area contributed by atoms with Crippen molar-refractivity contribution in [2.75, 3.05) is 27.8 Å². The summed E-state index contributed by atoms with van der Waals surface area (Å²) < 4.78 is 12.4. The lowest BCUT2D eigenvalue weighted by atomic mass is 10.2. The quantitative estimate of drug-likeness (QED) is 0.358. The lowest BCUT2D eigenvalue weighted by molar-refractivity contribution is 0.340. The normalized spacial score (nSPS) is 10.9. The highest BCUT2D eigenvalue weighted by molar-refractivity contribution is 6.04. The summed E-state index contributed by atoms with van der Waals surface area (Å²) in [7, 11) is 5.05. The zero-order valence-electron chi connectivity index (χ0n) is 18.3. The number of fused-ring (bicyclic) bond motifs is 1. The number of para-hydroxylation sites is 2. The minimum absolute atomic E-state index is 0.151. The van der Waals surface area contributed by atoms with Gasteiger partial charge in [-0.25, -0.2) is 19.3 Å². The number of hydrogen-bond donors (Lipinski definition) is 2. The number of H-pyrrole nitrogens is 1. The fourth-order valence-electron chi connectivity index (χ4n) is 3.40. The van der Waals surface area contributed by atoms with E-state index in [0.717, 1.165) is 11.3 Å². The molecule has 164 valence electrons. The number of methoxy groups -OCH3 is 1. The number of ether oxygens (including phenoxy) is 2. The molecular formula is C23H24N6O3. The minimum atomic E-state index is -0.393. The minimum Gasteiger partial charge on any atom is -0.495 e. The molecule has 9 heteroatoms. The summed E-state index contributed by atoms with van der Waals surface area (Å²) in [6, 6.07) is 14.6. The molecule has 9 nitrogen and oxygen atoms in total. The third-order valence-electron chi connectivity index (χ3n) is 4.96. The van der Waals surface area contributed by atoms with Gasteiger partial charge in [-0.3, -0.25) is 5.41 Å². The number of aromatic nitrogens is 4.